The minimum Gasteiger partial charge on any atom is -0.322 e. The van der Waals surface area contributed by atoms with Gasteiger partial charge in [-0.3, -0.25) is 9.48 Å². The van der Waals surface area contributed by atoms with E-state index in [0.29, 0.717) is 32.3 Å². The zero-order valence-electron chi connectivity index (χ0n) is 11.0. The minimum absolute atomic E-state index is 0.298. The predicted molar refractivity (Wildman–Crippen MR) is 82.9 cm³/mol. The third-order valence-electron chi connectivity index (χ3n) is 3.04. The Labute approximate surface area is 130 Å². The first-order valence-corrected chi connectivity index (χ1v) is 6.85. The highest BCUT2D eigenvalue weighted by molar-refractivity contribution is 6.38. The second-order valence-corrected chi connectivity index (χ2v) is 5.27. The number of aromatic nitrogens is 3. The van der Waals surface area contributed by atoms with Gasteiger partial charge in [0, 0.05) is 24.0 Å². The first kappa shape index (κ1) is 13.9. The average molecular weight is 321 g/mol. The van der Waals surface area contributed by atoms with Gasteiger partial charge in [-0.25, -0.2) is 4.98 Å². The number of pyridine rings is 1. The van der Waals surface area contributed by atoms with Gasteiger partial charge in [0.05, 0.1) is 22.2 Å². The molecule has 1 amide bonds. The van der Waals surface area contributed by atoms with Crippen molar-refractivity contribution in [2.45, 2.75) is 0 Å². The van der Waals surface area contributed by atoms with E-state index in [2.05, 4.69) is 15.4 Å². The lowest BCUT2D eigenvalue weighted by Crippen LogP contribution is -2.13. The Morgan fingerprint density at radius 3 is 2.62 bits per heavy atom. The molecular formula is C14H10Cl2N4O. The highest BCUT2D eigenvalue weighted by Crippen LogP contribution is 2.26. The topological polar surface area (TPSA) is 59.8 Å². The monoisotopic (exact) mass is 320 g/mol. The first-order valence-electron chi connectivity index (χ1n) is 6.09. The van der Waals surface area contributed by atoms with Crippen LogP contribution in [0.1, 0.15) is 10.4 Å². The number of carbonyl (C=O) groups is 1. The second kappa shape index (κ2) is 5.35. The van der Waals surface area contributed by atoms with Gasteiger partial charge in [-0.2, -0.15) is 5.10 Å². The first-order chi connectivity index (χ1) is 10.1. The number of benzene rings is 1. The lowest BCUT2D eigenvalue weighted by Gasteiger charge is -2.07. The van der Waals surface area contributed by atoms with Crippen molar-refractivity contribution in [3.8, 4) is 0 Å². The molecule has 0 spiro atoms. The zero-order valence-corrected chi connectivity index (χ0v) is 12.5. The molecular weight excluding hydrogens is 311 g/mol. The highest BCUT2D eigenvalue weighted by atomic mass is 35.5. The van der Waals surface area contributed by atoms with Crippen molar-refractivity contribution in [2.75, 3.05) is 5.32 Å². The van der Waals surface area contributed by atoms with Crippen LogP contribution in [-0.4, -0.2) is 20.7 Å². The number of nitrogens with one attached hydrogen (secondary N) is 1. The Morgan fingerprint density at radius 2 is 1.90 bits per heavy atom. The fourth-order valence-electron chi connectivity index (χ4n) is 1.96. The fraction of sp³-hybridized carbons (Fsp3) is 0.0714. The second-order valence-electron chi connectivity index (χ2n) is 4.45. The van der Waals surface area contributed by atoms with E-state index in [4.69, 9.17) is 23.2 Å². The van der Waals surface area contributed by atoms with Crippen molar-refractivity contribution in [3.63, 3.8) is 0 Å². The molecule has 1 N–H and O–H groups in total. The van der Waals surface area contributed by atoms with Gasteiger partial charge in [0.25, 0.3) is 5.91 Å². The Kier molecular flexibility index (Phi) is 3.53. The van der Waals surface area contributed by atoms with Gasteiger partial charge >= 0.3 is 0 Å². The third-order valence-corrected chi connectivity index (χ3v) is 3.70. The third kappa shape index (κ3) is 2.57. The van der Waals surface area contributed by atoms with Crippen LogP contribution in [0.5, 0.6) is 0 Å². The molecule has 0 unspecified atom stereocenters. The lowest BCUT2D eigenvalue weighted by atomic mass is 10.2. The lowest BCUT2D eigenvalue weighted by molar-refractivity contribution is 0.102. The van der Waals surface area contributed by atoms with Crippen LogP contribution >= 0.6 is 23.2 Å². The van der Waals surface area contributed by atoms with E-state index in [1.807, 2.05) is 0 Å². The molecule has 3 aromatic rings. The van der Waals surface area contributed by atoms with Gasteiger partial charge < -0.3 is 5.32 Å². The van der Waals surface area contributed by atoms with Crippen molar-refractivity contribution in [1.82, 2.24) is 14.8 Å². The van der Waals surface area contributed by atoms with E-state index >= 15 is 0 Å². The summed E-state index contributed by atoms with van der Waals surface area (Å²) >= 11 is 12.1. The summed E-state index contributed by atoms with van der Waals surface area (Å²) in [6, 6.07) is 6.82. The molecule has 5 nitrogen and oxygen atoms in total. The maximum atomic E-state index is 12.3. The average Bonchev–Trinajstić information content (AvgIpc) is 2.84. The van der Waals surface area contributed by atoms with Crippen LogP contribution in [0.3, 0.4) is 0 Å². The van der Waals surface area contributed by atoms with Crippen molar-refractivity contribution in [1.29, 1.82) is 0 Å². The maximum Gasteiger partial charge on any atom is 0.258 e. The summed E-state index contributed by atoms with van der Waals surface area (Å²) < 4.78 is 1.60. The molecule has 2 aromatic heterocycles. The Morgan fingerprint density at radius 1 is 1.19 bits per heavy atom. The summed E-state index contributed by atoms with van der Waals surface area (Å²) in [5.74, 6) is -0.333. The Balaban J connectivity index is 1.94. The molecule has 0 saturated carbocycles. The van der Waals surface area contributed by atoms with Gasteiger partial charge in [0.15, 0.2) is 5.65 Å². The maximum absolute atomic E-state index is 12.3. The number of fused-ring (bicyclic) bond motifs is 1. The van der Waals surface area contributed by atoms with Gasteiger partial charge in [-0.15, -0.1) is 0 Å². The zero-order chi connectivity index (χ0) is 15.0. The van der Waals surface area contributed by atoms with Crippen molar-refractivity contribution >= 4 is 45.8 Å². The minimum atomic E-state index is -0.333. The summed E-state index contributed by atoms with van der Waals surface area (Å²) in [6.07, 6.45) is 3.03. The molecule has 0 aliphatic heterocycles. The van der Waals surface area contributed by atoms with E-state index in [1.54, 1.807) is 42.2 Å². The number of rotatable bonds is 2. The van der Waals surface area contributed by atoms with Gasteiger partial charge in [-0.1, -0.05) is 23.2 Å². The van der Waals surface area contributed by atoms with E-state index in [-0.39, 0.29) is 5.91 Å². The molecule has 0 fully saturated rings. The number of hydrogen-bond donors (Lipinski definition) is 1. The number of amides is 1. The number of anilines is 1. The summed E-state index contributed by atoms with van der Waals surface area (Å²) in [4.78, 5) is 16.5. The highest BCUT2D eigenvalue weighted by Gasteiger charge is 2.16. The normalized spacial score (nSPS) is 10.8. The number of carbonyl (C=O) groups excluding carboxylic acids is 1. The van der Waals surface area contributed by atoms with E-state index in [0.717, 1.165) is 0 Å². The molecule has 0 aliphatic rings. The summed E-state index contributed by atoms with van der Waals surface area (Å²) in [5.41, 5.74) is 1.56. The van der Waals surface area contributed by atoms with Gasteiger partial charge in [0.2, 0.25) is 0 Å². The number of halogens is 2. The molecule has 3 rings (SSSR count). The number of hydrogen-bond acceptors (Lipinski definition) is 3. The van der Waals surface area contributed by atoms with Crippen molar-refractivity contribution < 1.29 is 4.79 Å². The molecule has 0 atom stereocenters. The largest absolute Gasteiger partial charge is 0.322 e. The van der Waals surface area contributed by atoms with Gasteiger partial charge in [0.1, 0.15) is 0 Å². The van der Waals surface area contributed by atoms with Crippen LogP contribution in [0.25, 0.3) is 11.0 Å². The summed E-state index contributed by atoms with van der Waals surface area (Å²) in [5, 5.41) is 8.40. The predicted octanol–water partition coefficient (Wildman–Crippen LogP) is 3.53. The summed E-state index contributed by atoms with van der Waals surface area (Å²) in [6.45, 7) is 0. The Bertz CT molecular complexity index is 827. The fourth-order valence-corrected chi connectivity index (χ4v) is 2.35. The Hall–Kier alpha value is -2.11. The SMILES string of the molecule is Cn1ncc2c(Cl)c(C(=O)Nc3ccc(Cl)cc3)cnc21. The van der Waals surface area contributed by atoms with Crippen LogP contribution < -0.4 is 5.32 Å². The molecule has 1 aromatic carbocycles. The van der Waals surface area contributed by atoms with Crippen LogP contribution in [0.15, 0.2) is 36.7 Å². The molecule has 0 saturated heterocycles. The molecule has 2 heterocycles. The van der Waals surface area contributed by atoms with Gasteiger partial charge in [-0.05, 0) is 24.3 Å². The van der Waals surface area contributed by atoms with E-state index < -0.39 is 0 Å². The van der Waals surface area contributed by atoms with Crippen LogP contribution in [0.4, 0.5) is 5.69 Å². The number of aryl methyl sites for hydroxylation is 1. The summed E-state index contributed by atoms with van der Waals surface area (Å²) in [7, 11) is 1.76. The molecule has 21 heavy (non-hydrogen) atoms. The smallest absolute Gasteiger partial charge is 0.258 e. The molecule has 106 valence electrons. The van der Waals surface area contributed by atoms with Crippen LogP contribution in [0.2, 0.25) is 10.0 Å². The standard InChI is InChI=1S/C14H10Cl2N4O/c1-20-13-10(7-18-20)12(16)11(6-17-13)14(21)19-9-4-2-8(15)3-5-9/h2-7H,1H3,(H,19,21). The molecule has 0 radical (unpaired) electrons. The molecule has 0 aliphatic carbocycles. The molecule has 7 heteroatoms. The van der Waals surface area contributed by atoms with E-state index in [9.17, 15) is 4.79 Å². The van der Waals surface area contributed by atoms with Crippen LogP contribution in [0, 0.1) is 0 Å². The molecule has 0 bridgehead atoms. The van der Waals surface area contributed by atoms with E-state index in [1.165, 1.54) is 6.20 Å². The van der Waals surface area contributed by atoms with Crippen LogP contribution in [-0.2, 0) is 7.05 Å². The number of nitrogens with zero attached hydrogens (tertiary/aromatic N) is 3. The van der Waals surface area contributed by atoms with Crippen molar-refractivity contribution in [2.24, 2.45) is 7.05 Å². The quantitative estimate of drug-likeness (QED) is 0.785. The van der Waals surface area contributed by atoms with Crippen molar-refractivity contribution in [3.05, 3.63) is 52.3 Å².